The molecule has 1 rings (SSSR count). The lowest BCUT2D eigenvalue weighted by molar-refractivity contribution is 0.332. The minimum absolute atomic E-state index is 0.543. The molecule has 0 aromatic rings. The van der Waals surface area contributed by atoms with Gasteiger partial charge in [-0.15, -0.1) is 0 Å². The second-order valence-corrected chi connectivity index (χ2v) is 4.01. The first kappa shape index (κ1) is 9.78. The van der Waals surface area contributed by atoms with Crippen molar-refractivity contribution in [3.8, 4) is 0 Å². The van der Waals surface area contributed by atoms with Gasteiger partial charge in [-0.1, -0.05) is 25.7 Å². The fourth-order valence-corrected chi connectivity index (χ4v) is 1.97. The maximum Gasteiger partial charge on any atom is 0.166 e. The molecule has 1 saturated carbocycles. The average Bonchev–Trinajstić information content (AvgIpc) is 2.30. The van der Waals surface area contributed by atoms with Crippen LogP contribution in [-0.2, 0) is 0 Å². The highest BCUT2D eigenvalue weighted by Gasteiger charge is 2.16. The SMILES string of the molecule is CN(C(N)=S)C1CCCCCC1. The Morgan fingerprint density at radius 1 is 1.25 bits per heavy atom. The minimum Gasteiger partial charge on any atom is -0.376 e. The number of hydrogen-bond acceptors (Lipinski definition) is 1. The molecule has 1 aliphatic rings. The second kappa shape index (κ2) is 4.65. The van der Waals surface area contributed by atoms with Crippen LogP contribution in [0.5, 0.6) is 0 Å². The molecule has 0 bridgehead atoms. The summed E-state index contributed by atoms with van der Waals surface area (Å²) in [5, 5.41) is 0.543. The van der Waals surface area contributed by atoms with Crippen LogP contribution in [0.1, 0.15) is 38.5 Å². The van der Waals surface area contributed by atoms with Crippen molar-refractivity contribution in [1.29, 1.82) is 0 Å². The zero-order valence-corrected chi connectivity index (χ0v) is 8.57. The zero-order chi connectivity index (χ0) is 8.97. The molecule has 2 nitrogen and oxygen atoms in total. The molecule has 0 radical (unpaired) electrons. The van der Waals surface area contributed by atoms with E-state index < -0.39 is 0 Å². The van der Waals surface area contributed by atoms with Crippen LogP contribution in [0.3, 0.4) is 0 Å². The van der Waals surface area contributed by atoms with E-state index in [2.05, 4.69) is 4.90 Å². The van der Waals surface area contributed by atoms with E-state index in [0.29, 0.717) is 11.2 Å². The van der Waals surface area contributed by atoms with Gasteiger partial charge in [0.15, 0.2) is 5.11 Å². The van der Waals surface area contributed by atoms with Crippen molar-refractivity contribution in [2.75, 3.05) is 7.05 Å². The molecule has 0 spiro atoms. The van der Waals surface area contributed by atoms with Gasteiger partial charge in [0, 0.05) is 13.1 Å². The summed E-state index contributed by atoms with van der Waals surface area (Å²) in [6.45, 7) is 0. The lowest BCUT2D eigenvalue weighted by Gasteiger charge is -2.27. The third-order valence-corrected chi connectivity index (χ3v) is 3.01. The Hall–Kier alpha value is -0.310. The van der Waals surface area contributed by atoms with Crippen LogP contribution in [-0.4, -0.2) is 23.1 Å². The molecule has 0 aromatic carbocycles. The lowest BCUT2D eigenvalue weighted by Crippen LogP contribution is -2.40. The number of hydrogen-bond donors (Lipinski definition) is 1. The Morgan fingerprint density at radius 2 is 1.75 bits per heavy atom. The normalized spacial score (nSPS) is 20.1. The molecule has 1 aliphatic carbocycles. The molecule has 70 valence electrons. The maximum absolute atomic E-state index is 5.58. The molecular formula is C9H18N2S. The summed E-state index contributed by atoms with van der Waals surface area (Å²) in [6.07, 6.45) is 7.93. The van der Waals surface area contributed by atoms with Gasteiger partial charge in [-0.25, -0.2) is 0 Å². The second-order valence-electron chi connectivity index (χ2n) is 3.59. The summed E-state index contributed by atoms with van der Waals surface area (Å²) in [5.41, 5.74) is 5.58. The highest BCUT2D eigenvalue weighted by Crippen LogP contribution is 2.20. The van der Waals surface area contributed by atoms with Crippen molar-refractivity contribution in [3.05, 3.63) is 0 Å². The topological polar surface area (TPSA) is 29.3 Å². The van der Waals surface area contributed by atoms with E-state index in [1.165, 1.54) is 38.5 Å². The summed E-state index contributed by atoms with van der Waals surface area (Å²) < 4.78 is 0. The highest BCUT2D eigenvalue weighted by atomic mass is 32.1. The average molecular weight is 186 g/mol. The summed E-state index contributed by atoms with van der Waals surface area (Å²) in [7, 11) is 2.01. The van der Waals surface area contributed by atoms with Gasteiger partial charge >= 0.3 is 0 Å². The van der Waals surface area contributed by atoms with Crippen LogP contribution < -0.4 is 5.73 Å². The van der Waals surface area contributed by atoms with Crippen molar-refractivity contribution >= 4 is 17.3 Å². The molecule has 0 heterocycles. The third-order valence-electron chi connectivity index (χ3n) is 2.72. The van der Waals surface area contributed by atoms with Crippen molar-refractivity contribution in [3.63, 3.8) is 0 Å². The molecule has 12 heavy (non-hydrogen) atoms. The highest BCUT2D eigenvalue weighted by molar-refractivity contribution is 7.80. The Labute approximate surface area is 80.1 Å². The fourth-order valence-electron chi connectivity index (χ4n) is 1.83. The molecule has 0 aliphatic heterocycles. The summed E-state index contributed by atoms with van der Waals surface area (Å²) >= 11 is 4.95. The maximum atomic E-state index is 5.58. The smallest absolute Gasteiger partial charge is 0.166 e. The van der Waals surface area contributed by atoms with Crippen molar-refractivity contribution < 1.29 is 0 Å². The van der Waals surface area contributed by atoms with Crippen molar-refractivity contribution in [2.24, 2.45) is 5.73 Å². The fraction of sp³-hybridized carbons (Fsp3) is 0.889. The van der Waals surface area contributed by atoms with Crippen LogP contribution >= 0.6 is 12.2 Å². The quantitative estimate of drug-likeness (QED) is 0.501. The van der Waals surface area contributed by atoms with Gasteiger partial charge in [0.1, 0.15) is 0 Å². The summed E-state index contributed by atoms with van der Waals surface area (Å²) in [4.78, 5) is 2.06. The number of nitrogens with two attached hydrogens (primary N) is 1. The summed E-state index contributed by atoms with van der Waals surface area (Å²) in [6, 6.07) is 0.602. The molecule has 1 fully saturated rings. The Balaban J connectivity index is 2.42. The van der Waals surface area contributed by atoms with Crippen LogP contribution in [0.25, 0.3) is 0 Å². The standard InChI is InChI=1S/C9H18N2S/c1-11(9(10)12)8-6-4-2-3-5-7-8/h8H,2-7H2,1H3,(H2,10,12). The first-order valence-electron chi connectivity index (χ1n) is 4.74. The lowest BCUT2D eigenvalue weighted by atomic mass is 10.1. The van der Waals surface area contributed by atoms with Crippen LogP contribution in [0.4, 0.5) is 0 Å². The van der Waals surface area contributed by atoms with E-state index in [-0.39, 0.29) is 0 Å². The van der Waals surface area contributed by atoms with E-state index in [1.54, 1.807) is 0 Å². The van der Waals surface area contributed by atoms with E-state index in [0.717, 1.165) is 0 Å². The molecular weight excluding hydrogens is 168 g/mol. The van der Waals surface area contributed by atoms with Gasteiger partial charge in [-0.3, -0.25) is 0 Å². The van der Waals surface area contributed by atoms with Gasteiger partial charge in [-0.2, -0.15) is 0 Å². The van der Waals surface area contributed by atoms with E-state index >= 15 is 0 Å². The van der Waals surface area contributed by atoms with Gasteiger partial charge in [0.2, 0.25) is 0 Å². The van der Waals surface area contributed by atoms with Gasteiger partial charge in [0.25, 0.3) is 0 Å². The predicted octanol–water partition coefficient (Wildman–Crippen LogP) is 1.88. The molecule has 0 saturated heterocycles. The summed E-state index contributed by atoms with van der Waals surface area (Å²) in [5.74, 6) is 0. The first-order valence-corrected chi connectivity index (χ1v) is 5.15. The van der Waals surface area contributed by atoms with Crippen LogP contribution in [0.2, 0.25) is 0 Å². The Kier molecular flexibility index (Phi) is 3.79. The van der Waals surface area contributed by atoms with Gasteiger partial charge < -0.3 is 10.6 Å². The van der Waals surface area contributed by atoms with Crippen molar-refractivity contribution in [2.45, 2.75) is 44.6 Å². The van der Waals surface area contributed by atoms with Crippen LogP contribution in [0, 0.1) is 0 Å². The van der Waals surface area contributed by atoms with Gasteiger partial charge in [-0.05, 0) is 25.1 Å². The molecule has 0 amide bonds. The first-order chi connectivity index (χ1) is 5.72. The largest absolute Gasteiger partial charge is 0.376 e. The molecule has 2 N–H and O–H groups in total. The number of rotatable bonds is 1. The van der Waals surface area contributed by atoms with E-state index in [9.17, 15) is 0 Å². The minimum atomic E-state index is 0.543. The molecule has 3 heteroatoms. The molecule has 0 unspecified atom stereocenters. The monoisotopic (exact) mass is 186 g/mol. The van der Waals surface area contributed by atoms with E-state index in [4.69, 9.17) is 18.0 Å². The van der Waals surface area contributed by atoms with Gasteiger partial charge in [0.05, 0.1) is 0 Å². The number of nitrogens with zero attached hydrogens (tertiary/aromatic N) is 1. The predicted molar refractivity (Wildman–Crippen MR) is 56.0 cm³/mol. The molecule has 0 atom stereocenters. The number of thiocarbonyl (C=S) groups is 1. The van der Waals surface area contributed by atoms with Crippen molar-refractivity contribution in [1.82, 2.24) is 4.90 Å². The third kappa shape index (κ3) is 2.63. The Morgan fingerprint density at radius 3 is 2.17 bits per heavy atom. The molecule has 0 aromatic heterocycles. The van der Waals surface area contributed by atoms with Crippen LogP contribution in [0.15, 0.2) is 0 Å². The zero-order valence-electron chi connectivity index (χ0n) is 7.75. The Bertz CT molecular complexity index is 151. The van der Waals surface area contributed by atoms with E-state index in [1.807, 2.05) is 7.05 Å².